The van der Waals surface area contributed by atoms with E-state index in [1.165, 1.54) is 0 Å². The molecule has 1 heterocycles. The minimum absolute atomic E-state index is 0.280. The van der Waals surface area contributed by atoms with Crippen molar-refractivity contribution in [2.75, 3.05) is 39.5 Å². The fourth-order valence-corrected chi connectivity index (χ4v) is 2.83. The number of ether oxygens (including phenoxy) is 2. The predicted octanol–water partition coefficient (Wildman–Crippen LogP) is 2.03. The minimum atomic E-state index is -0.992. The van der Waals surface area contributed by atoms with Crippen LogP contribution in [0, 0.1) is 0 Å². The zero-order valence-electron chi connectivity index (χ0n) is 16.0. The maximum absolute atomic E-state index is 10.7. The third-order valence-electron chi connectivity index (χ3n) is 4.37. The van der Waals surface area contributed by atoms with E-state index < -0.39 is 5.60 Å². The van der Waals surface area contributed by atoms with Crippen LogP contribution in [0.5, 0.6) is 0 Å². The molecule has 0 spiro atoms. The molecule has 2 rings (SSSR count). The van der Waals surface area contributed by atoms with Gasteiger partial charge in [0, 0.05) is 26.3 Å². The Bertz CT molecular complexity index is 528. The molecule has 1 saturated heterocycles. The van der Waals surface area contributed by atoms with Gasteiger partial charge in [-0.1, -0.05) is 30.3 Å². The largest absolute Gasteiger partial charge is 0.384 e. The van der Waals surface area contributed by atoms with Gasteiger partial charge in [0.05, 0.1) is 19.3 Å². The lowest BCUT2D eigenvalue weighted by Crippen LogP contribution is -2.39. The van der Waals surface area contributed by atoms with Gasteiger partial charge >= 0.3 is 0 Å². The molecular weight excluding hydrogens is 330 g/mol. The Hall–Kier alpha value is -1.63. The van der Waals surface area contributed by atoms with Crippen molar-refractivity contribution in [3.8, 4) is 0 Å². The molecule has 2 unspecified atom stereocenters. The molecule has 1 aromatic rings. The van der Waals surface area contributed by atoms with Crippen LogP contribution in [0.25, 0.3) is 0 Å². The Morgan fingerprint density at radius 2 is 2.15 bits per heavy atom. The number of rotatable bonds is 10. The van der Waals surface area contributed by atoms with Gasteiger partial charge in [0.25, 0.3) is 0 Å². The lowest BCUT2D eigenvalue weighted by atomic mass is 9.96. The minimum Gasteiger partial charge on any atom is -0.384 e. The summed E-state index contributed by atoms with van der Waals surface area (Å²) in [5, 5.41) is 17.2. The van der Waals surface area contributed by atoms with Crippen LogP contribution >= 0.6 is 0 Å². The molecule has 2 atom stereocenters. The van der Waals surface area contributed by atoms with Crippen molar-refractivity contribution in [2.24, 2.45) is 4.99 Å². The summed E-state index contributed by atoms with van der Waals surface area (Å²) in [6, 6.07) is 9.62. The van der Waals surface area contributed by atoms with Gasteiger partial charge in [-0.25, -0.2) is 4.99 Å². The van der Waals surface area contributed by atoms with Gasteiger partial charge in [0.1, 0.15) is 5.60 Å². The topological polar surface area (TPSA) is 75.1 Å². The standard InChI is InChI=1S/C20H33N3O3/c1-3-21-19(22-12-8-13-25-15-18-11-7-14-26-18)23-16-20(2,24)17-9-5-4-6-10-17/h4-6,9-10,18,24H,3,7-8,11-16H2,1-2H3,(H2,21,22,23). The van der Waals surface area contributed by atoms with Crippen LogP contribution in [0.1, 0.15) is 38.7 Å². The average Bonchev–Trinajstić information content (AvgIpc) is 3.16. The summed E-state index contributed by atoms with van der Waals surface area (Å²) in [5.74, 6) is 0.711. The highest BCUT2D eigenvalue weighted by Crippen LogP contribution is 2.20. The third kappa shape index (κ3) is 7.32. The third-order valence-corrected chi connectivity index (χ3v) is 4.37. The molecule has 1 aromatic carbocycles. The summed E-state index contributed by atoms with van der Waals surface area (Å²) in [4.78, 5) is 4.53. The van der Waals surface area contributed by atoms with Gasteiger partial charge in [0.2, 0.25) is 0 Å². The van der Waals surface area contributed by atoms with Crippen LogP contribution in [0.3, 0.4) is 0 Å². The van der Waals surface area contributed by atoms with Crippen molar-refractivity contribution in [3.63, 3.8) is 0 Å². The normalized spacial score (nSPS) is 20.0. The van der Waals surface area contributed by atoms with Crippen LogP contribution < -0.4 is 10.6 Å². The molecular formula is C20H33N3O3. The fourth-order valence-electron chi connectivity index (χ4n) is 2.83. The molecule has 0 aromatic heterocycles. The first-order valence-electron chi connectivity index (χ1n) is 9.61. The van der Waals surface area contributed by atoms with Gasteiger partial charge < -0.3 is 25.2 Å². The van der Waals surface area contributed by atoms with Crippen molar-refractivity contribution in [1.82, 2.24) is 10.6 Å². The van der Waals surface area contributed by atoms with Crippen molar-refractivity contribution in [1.29, 1.82) is 0 Å². The van der Waals surface area contributed by atoms with Gasteiger partial charge in [-0.3, -0.25) is 0 Å². The molecule has 6 heteroatoms. The maximum Gasteiger partial charge on any atom is 0.191 e. The molecule has 1 aliphatic rings. The molecule has 3 N–H and O–H groups in total. The summed E-state index contributed by atoms with van der Waals surface area (Å²) in [6.07, 6.45) is 3.43. The zero-order chi connectivity index (χ0) is 18.7. The Kier molecular flexibility index (Phi) is 8.88. The first-order chi connectivity index (χ1) is 12.6. The smallest absolute Gasteiger partial charge is 0.191 e. The van der Waals surface area contributed by atoms with E-state index in [2.05, 4.69) is 15.6 Å². The van der Waals surface area contributed by atoms with E-state index in [1.807, 2.05) is 37.3 Å². The predicted molar refractivity (Wildman–Crippen MR) is 104 cm³/mol. The summed E-state index contributed by atoms with van der Waals surface area (Å²) < 4.78 is 11.2. The SMILES string of the molecule is CCNC(=NCC(C)(O)c1ccccc1)NCCCOCC1CCCO1. The van der Waals surface area contributed by atoms with E-state index in [0.717, 1.165) is 44.5 Å². The monoisotopic (exact) mass is 363 g/mol. The summed E-state index contributed by atoms with van der Waals surface area (Å²) in [5.41, 5.74) is -0.129. The number of aliphatic imine (C=N–C) groups is 1. The second-order valence-corrected chi connectivity index (χ2v) is 6.83. The molecule has 26 heavy (non-hydrogen) atoms. The summed E-state index contributed by atoms with van der Waals surface area (Å²) >= 11 is 0. The number of guanidine groups is 1. The van der Waals surface area contributed by atoms with Crippen LogP contribution in [-0.4, -0.2) is 56.6 Å². The lowest BCUT2D eigenvalue weighted by Gasteiger charge is -2.22. The summed E-state index contributed by atoms with van der Waals surface area (Å²) in [6.45, 7) is 7.90. The number of hydrogen-bond donors (Lipinski definition) is 3. The first kappa shape index (κ1) is 20.7. The number of nitrogens with one attached hydrogen (secondary N) is 2. The summed E-state index contributed by atoms with van der Waals surface area (Å²) in [7, 11) is 0. The Morgan fingerprint density at radius 1 is 1.35 bits per heavy atom. The number of hydrogen-bond acceptors (Lipinski definition) is 4. The van der Waals surface area contributed by atoms with Crippen LogP contribution in [0.2, 0.25) is 0 Å². The van der Waals surface area contributed by atoms with E-state index in [9.17, 15) is 5.11 Å². The Balaban J connectivity index is 1.70. The Labute approximate surface area is 157 Å². The molecule has 0 saturated carbocycles. The van der Waals surface area contributed by atoms with E-state index in [0.29, 0.717) is 25.7 Å². The second kappa shape index (κ2) is 11.2. The molecule has 1 fully saturated rings. The lowest BCUT2D eigenvalue weighted by molar-refractivity contribution is 0.0168. The van der Waals surface area contributed by atoms with Crippen molar-refractivity contribution >= 4 is 5.96 Å². The highest BCUT2D eigenvalue weighted by molar-refractivity contribution is 5.79. The molecule has 0 radical (unpaired) electrons. The van der Waals surface area contributed by atoms with Gasteiger partial charge in [0.15, 0.2) is 5.96 Å². The van der Waals surface area contributed by atoms with E-state index in [1.54, 1.807) is 6.92 Å². The number of nitrogens with zero attached hydrogens (tertiary/aromatic N) is 1. The van der Waals surface area contributed by atoms with E-state index in [-0.39, 0.29) is 6.10 Å². The maximum atomic E-state index is 10.7. The molecule has 0 bridgehead atoms. The highest BCUT2D eigenvalue weighted by Gasteiger charge is 2.22. The zero-order valence-corrected chi connectivity index (χ0v) is 16.0. The Morgan fingerprint density at radius 3 is 2.85 bits per heavy atom. The molecule has 0 amide bonds. The van der Waals surface area contributed by atoms with Crippen molar-refractivity contribution < 1.29 is 14.6 Å². The molecule has 6 nitrogen and oxygen atoms in total. The van der Waals surface area contributed by atoms with Crippen LogP contribution in [0.4, 0.5) is 0 Å². The van der Waals surface area contributed by atoms with Crippen LogP contribution in [0.15, 0.2) is 35.3 Å². The fraction of sp³-hybridized carbons (Fsp3) is 0.650. The molecule has 0 aliphatic carbocycles. The van der Waals surface area contributed by atoms with Gasteiger partial charge in [-0.15, -0.1) is 0 Å². The average molecular weight is 364 g/mol. The van der Waals surface area contributed by atoms with Crippen molar-refractivity contribution in [3.05, 3.63) is 35.9 Å². The molecule has 1 aliphatic heterocycles. The van der Waals surface area contributed by atoms with Gasteiger partial charge in [-0.2, -0.15) is 0 Å². The van der Waals surface area contributed by atoms with Crippen LogP contribution in [-0.2, 0) is 15.1 Å². The molecule has 146 valence electrons. The van der Waals surface area contributed by atoms with E-state index >= 15 is 0 Å². The number of aliphatic hydroxyl groups is 1. The second-order valence-electron chi connectivity index (χ2n) is 6.83. The van der Waals surface area contributed by atoms with E-state index in [4.69, 9.17) is 9.47 Å². The number of benzene rings is 1. The first-order valence-corrected chi connectivity index (χ1v) is 9.61. The van der Waals surface area contributed by atoms with Gasteiger partial charge in [-0.05, 0) is 38.7 Å². The highest BCUT2D eigenvalue weighted by atomic mass is 16.5. The van der Waals surface area contributed by atoms with Crippen molar-refractivity contribution in [2.45, 2.75) is 44.8 Å². The quantitative estimate of drug-likeness (QED) is 0.337.